The van der Waals surface area contributed by atoms with E-state index in [4.69, 9.17) is 5.26 Å². The van der Waals surface area contributed by atoms with E-state index < -0.39 is 22.1 Å². The second-order valence-corrected chi connectivity index (χ2v) is 11.1. The molecule has 0 amide bonds. The Hall–Kier alpha value is -4.90. The van der Waals surface area contributed by atoms with E-state index in [2.05, 4.69) is 35.7 Å². The SMILES string of the molecule is Cc1nn(C)c(C)c1-c1ccc(Nc2cc(Nc3cccc(C#N)n3)nc3[nH]c(C(F)F)nc23)c(S(C)(=O)=O)c1. The fourth-order valence-corrected chi connectivity index (χ4v) is 5.25. The number of fused-ring (bicyclic) bond motifs is 1. The number of halogens is 2. The molecule has 0 saturated carbocycles. The van der Waals surface area contributed by atoms with Gasteiger partial charge in [-0.2, -0.15) is 10.4 Å². The van der Waals surface area contributed by atoms with Gasteiger partial charge in [0.15, 0.2) is 21.3 Å². The van der Waals surface area contributed by atoms with Crippen LogP contribution in [-0.2, 0) is 16.9 Å². The Morgan fingerprint density at radius 2 is 1.80 bits per heavy atom. The number of H-pyrrole nitrogens is 1. The van der Waals surface area contributed by atoms with Gasteiger partial charge in [0.2, 0.25) is 0 Å². The number of alkyl halides is 2. The predicted molar refractivity (Wildman–Crippen MR) is 146 cm³/mol. The molecule has 0 saturated heterocycles. The van der Waals surface area contributed by atoms with Crippen LogP contribution >= 0.6 is 0 Å². The third-order valence-corrected chi connectivity index (χ3v) is 7.38. The number of hydrogen-bond donors (Lipinski definition) is 3. The van der Waals surface area contributed by atoms with E-state index in [-0.39, 0.29) is 38.9 Å². The average molecular weight is 564 g/mol. The molecule has 5 aromatic rings. The van der Waals surface area contributed by atoms with Gasteiger partial charge in [-0.3, -0.25) is 4.68 Å². The lowest BCUT2D eigenvalue weighted by molar-refractivity contribution is 0.142. The molecule has 0 spiro atoms. The van der Waals surface area contributed by atoms with Gasteiger partial charge in [0, 0.05) is 30.6 Å². The van der Waals surface area contributed by atoms with E-state index in [9.17, 15) is 17.2 Å². The summed E-state index contributed by atoms with van der Waals surface area (Å²) < 4.78 is 54.5. The minimum absolute atomic E-state index is 0.000122. The molecule has 4 heterocycles. The smallest absolute Gasteiger partial charge is 0.295 e. The molecule has 14 heteroatoms. The number of rotatable bonds is 7. The molecule has 0 atom stereocenters. The lowest BCUT2D eigenvalue weighted by atomic mass is 10.0. The zero-order valence-corrected chi connectivity index (χ0v) is 22.6. The molecule has 0 unspecified atom stereocenters. The lowest BCUT2D eigenvalue weighted by Crippen LogP contribution is -2.05. The van der Waals surface area contributed by atoms with Gasteiger partial charge in [-0.15, -0.1) is 0 Å². The first-order valence-corrected chi connectivity index (χ1v) is 13.8. The molecule has 0 aliphatic rings. The van der Waals surface area contributed by atoms with Gasteiger partial charge >= 0.3 is 0 Å². The highest BCUT2D eigenvalue weighted by atomic mass is 32.2. The molecule has 0 radical (unpaired) electrons. The van der Waals surface area contributed by atoms with Crippen molar-refractivity contribution in [3.63, 3.8) is 0 Å². The van der Waals surface area contributed by atoms with Crippen LogP contribution in [0.3, 0.4) is 0 Å². The number of nitrogens with zero attached hydrogens (tertiary/aromatic N) is 6. The number of aromatic amines is 1. The molecule has 0 bridgehead atoms. The molecule has 204 valence electrons. The summed E-state index contributed by atoms with van der Waals surface area (Å²) in [5.74, 6) is -0.0939. The summed E-state index contributed by atoms with van der Waals surface area (Å²) in [6, 6.07) is 13.1. The van der Waals surface area contributed by atoms with Crippen LogP contribution in [0.25, 0.3) is 22.3 Å². The van der Waals surface area contributed by atoms with E-state index in [0.717, 1.165) is 23.2 Å². The first-order chi connectivity index (χ1) is 18.9. The first-order valence-electron chi connectivity index (χ1n) is 11.9. The van der Waals surface area contributed by atoms with Crippen molar-refractivity contribution >= 4 is 44.0 Å². The zero-order valence-electron chi connectivity index (χ0n) is 21.8. The number of hydrogen-bond acceptors (Lipinski definition) is 9. The van der Waals surface area contributed by atoms with Crippen molar-refractivity contribution in [1.29, 1.82) is 5.26 Å². The molecule has 40 heavy (non-hydrogen) atoms. The molecule has 3 N–H and O–H groups in total. The van der Waals surface area contributed by atoms with Crippen molar-refractivity contribution < 1.29 is 17.2 Å². The standard InChI is InChI=1S/C26H23F2N9O2S/c1-13-22(14(2)37(3)36-13)15-8-9-17(19(10-15)40(4,38)39)31-18-11-21(32-20-7-5-6-16(12-29)30-20)33-25-23(18)34-26(35-25)24(27)28/h5-11,24H,1-4H3,(H3,30,31,32,33,34,35). The maximum atomic E-state index is 13.5. The Morgan fingerprint density at radius 3 is 2.45 bits per heavy atom. The van der Waals surface area contributed by atoms with Gasteiger partial charge in [-0.25, -0.2) is 32.2 Å². The predicted octanol–water partition coefficient (Wildman–Crippen LogP) is 5.07. The van der Waals surface area contributed by atoms with Gasteiger partial charge in [0.05, 0.1) is 22.0 Å². The Kier molecular flexibility index (Phi) is 6.68. The number of aryl methyl sites for hydroxylation is 2. The third-order valence-electron chi connectivity index (χ3n) is 6.25. The normalized spacial score (nSPS) is 11.7. The van der Waals surface area contributed by atoms with Gasteiger partial charge < -0.3 is 15.6 Å². The van der Waals surface area contributed by atoms with Crippen LogP contribution in [0.15, 0.2) is 47.4 Å². The van der Waals surface area contributed by atoms with E-state index in [1.54, 1.807) is 35.0 Å². The fourth-order valence-electron chi connectivity index (χ4n) is 4.39. The maximum absolute atomic E-state index is 13.5. The van der Waals surface area contributed by atoms with Crippen LogP contribution in [0.4, 0.5) is 31.8 Å². The minimum atomic E-state index is -3.74. The van der Waals surface area contributed by atoms with Gasteiger partial charge in [-0.1, -0.05) is 12.1 Å². The second-order valence-electron chi connectivity index (χ2n) is 9.10. The van der Waals surface area contributed by atoms with Gasteiger partial charge in [0.25, 0.3) is 6.43 Å². The monoisotopic (exact) mass is 563 g/mol. The van der Waals surface area contributed by atoms with Gasteiger partial charge in [0.1, 0.15) is 28.9 Å². The van der Waals surface area contributed by atoms with Crippen molar-refractivity contribution in [3.8, 4) is 17.2 Å². The summed E-state index contributed by atoms with van der Waals surface area (Å²) in [5.41, 5.74) is 3.83. The van der Waals surface area contributed by atoms with Crippen molar-refractivity contribution in [2.75, 3.05) is 16.9 Å². The highest BCUT2D eigenvalue weighted by molar-refractivity contribution is 7.90. The van der Waals surface area contributed by atoms with E-state index in [1.165, 1.54) is 12.1 Å². The molecule has 0 aliphatic carbocycles. The Balaban J connectivity index is 1.63. The van der Waals surface area contributed by atoms with E-state index in [0.29, 0.717) is 11.4 Å². The summed E-state index contributed by atoms with van der Waals surface area (Å²) in [5, 5.41) is 19.6. The summed E-state index contributed by atoms with van der Waals surface area (Å²) in [7, 11) is -1.93. The molecular weight excluding hydrogens is 540 g/mol. The van der Waals surface area contributed by atoms with Crippen LogP contribution in [0, 0.1) is 25.2 Å². The molecule has 0 aliphatic heterocycles. The largest absolute Gasteiger partial charge is 0.352 e. The van der Waals surface area contributed by atoms with Crippen LogP contribution in [-0.4, -0.2) is 44.4 Å². The van der Waals surface area contributed by atoms with Crippen LogP contribution in [0.5, 0.6) is 0 Å². The van der Waals surface area contributed by atoms with Crippen LogP contribution < -0.4 is 10.6 Å². The summed E-state index contributed by atoms with van der Waals surface area (Å²) >= 11 is 0. The zero-order chi connectivity index (χ0) is 28.8. The number of aromatic nitrogens is 6. The van der Waals surface area contributed by atoms with Crippen molar-refractivity contribution in [1.82, 2.24) is 29.7 Å². The Morgan fingerprint density at radius 1 is 1.02 bits per heavy atom. The Labute approximate surface area is 227 Å². The number of imidazole rings is 1. The summed E-state index contributed by atoms with van der Waals surface area (Å²) in [6.45, 7) is 3.74. The highest BCUT2D eigenvalue weighted by Gasteiger charge is 2.21. The average Bonchev–Trinajstić information content (AvgIpc) is 3.44. The first kappa shape index (κ1) is 26.7. The lowest BCUT2D eigenvalue weighted by Gasteiger charge is -2.15. The number of anilines is 4. The molecule has 11 nitrogen and oxygen atoms in total. The van der Waals surface area contributed by atoms with E-state index in [1.807, 2.05) is 27.0 Å². The minimum Gasteiger partial charge on any atom is -0.352 e. The third kappa shape index (κ3) is 5.06. The highest BCUT2D eigenvalue weighted by Crippen LogP contribution is 2.36. The molecule has 0 fully saturated rings. The summed E-state index contributed by atoms with van der Waals surface area (Å²) in [4.78, 5) is 15.0. The van der Waals surface area contributed by atoms with E-state index >= 15 is 0 Å². The van der Waals surface area contributed by atoms with Crippen molar-refractivity contribution in [2.24, 2.45) is 7.05 Å². The number of benzene rings is 1. The number of sulfone groups is 1. The maximum Gasteiger partial charge on any atom is 0.295 e. The number of nitriles is 1. The van der Waals surface area contributed by atoms with Crippen LogP contribution in [0.1, 0.15) is 29.3 Å². The summed E-state index contributed by atoms with van der Waals surface area (Å²) in [6.07, 6.45) is -1.79. The second kappa shape index (κ2) is 10.0. The molecule has 5 rings (SSSR count). The number of nitrogens with one attached hydrogen (secondary N) is 3. The topological polar surface area (TPSA) is 154 Å². The van der Waals surface area contributed by atoms with Crippen molar-refractivity contribution in [3.05, 3.63) is 65.4 Å². The van der Waals surface area contributed by atoms with Crippen molar-refractivity contribution in [2.45, 2.75) is 25.2 Å². The van der Waals surface area contributed by atoms with Gasteiger partial charge in [-0.05, 0) is 43.7 Å². The molecular formula is C26H23F2N9O2S. The number of pyridine rings is 2. The molecule has 1 aromatic carbocycles. The Bertz CT molecular complexity index is 1920. The quantitative estimate of drug-likeness (QED) is 0.246. The fraction of sp³-hybridized carbons (Fsp3) is 0.192. The molecule has 4 aromatic heterocycles. The van der Waals surface area contributed by atoms with Crippen LogP contribution in [0.2, 0.25) is 0 Å².